The van der Waals surface area contributed by atoms with E-state index in [0.717, 1.165) is 16.9 Å². The normalized spacial score (nSPS) is 10.8. The van der Waals surface area contributed by atoms with E-state index < -0.39 is 11.5 Å². The van der Waals surface area contributed by atoms with E-state index in [1.165, 1.54) is 6.07 Å². The first-order valence-corrected chi connectivity index (χ1v) is 9.60. The number of amides is 1. The van der Waals surface area contributed by atoms with Crippen LogP contribution in [0.15, 0.2) is 100 Å². The Hall–Kier alpha value is -4.52. The molecule has 150 valence electrons. The van der Waals surface area contributed by atoms with Gasteiger partial charge in [0.25, 0.3) is 5.91 Å². The van der Waals surface area contributed by atoms with E-state index in [0.29, 0.717) is 16.7 Å². The second kappa shape index (κ2) is 7.72. The number of carbonyl (C=O) groups is 1. The lowest BCUT2D eigenvalue weighted by Gasteiger charge is -2.06. The average Bonchev–Trinajstić information content (AvgIpc) is 3.30. The van der Waals surface area contributed by atoms with Crippen molar-refractivity contribution in [1.29, 1.82) is 0 Å². The van der Waals surface area contributed by atoms with Crippen molar-refractivity contribution in [2.75, 3.05) is 5.32 Å². The standard InChI is InChI=1S/C24H16N4O3/c29-23(20-14-17-8-4-5-9-22(17)31-24(20)30)25-18-10-12-19(13-11-18)28-15-21(26-27-28)16-6-2-1-3-7-16/h1-15H,(H,25,29). The molecule has 0 spiro atoms. The number of nitrogens with zero attached hydrogens (tertiary/aromatic N) is 3. The van der Waals surface area contributed by atoms with E-state index in [1.54, 1.807) is 35.0 Å². The van der Waals surface area contributed by atoms with Crippen LogP contribution in [-0.2, 0) is 0 Å². The lowest BCUT2D eigenvalue weighted by atomic mass is 10.1. The highest BCUT2D eigenvalue weighted by atomic mass is 16.4. The van der Waals surface area contributed by atoms with Crippen molar-refractivity contribution < 1.29 is 9.21 Å². The third kappa shape index (κ3) is 3.72. The monoisotopic (exact) mass is 408 g/mol. The molecule has 0 aliphatic heterocycles. The Morgan fingerprint density at radius 1 is 0.903 bits per heavy atom. The predicted octanol–water partition coefficient (Wildman–Crippen LogP) is 4.29. The molecule has 5 rings (SSSR count). The van der Waals surface area contributed by atoms with Crippen LogP contribution in [0.3, 0.4) is 0 Å². The molecule has 0 aliphatic carbocycles. The summed E-state index contributed by atoms with van der Waals surface area (Å²) in [4.78, 5) is 24.8. The van der Waals surface area contributed by atoms with E-state index in [1.807, 2.05) is 54.7 Å². The summed E-state index contributed by atoms with van der Waals surface area (Å²) in [6.07, 6.45) is 1.84. The first-order chi connectivity index (χ1) is 15.2. The van der Waals surface area contributed by atoms with Gasteiger partial charge in [-0.3, -0.25) is 4.79 Å². The van der Waals surface area contributed by atoms with Gasteiger partial charge >= 0.3 is 5.63 Å². The van der Waals surface area contributed by atoms with Crippen molar-refractivity contribution in [1.82, 2.24) is 15.0 Å². The van der Waals surface area contributed by atoms with Crippen LogP contribution in [0, 0.1) is 0 Å². The molecule has 0 atom stereocenters. The lowest BCUT2D eigenvalue weighted by Crippen LogP contribution is -2.20. The number of para-hydroxylation sites is 1. The van der Waals surface area contributed by atoms with E-state index in [4.69, 9.17) is 4.42 Å². The van der Waals surface area contributed by atoms with Crippen LogP contribution in [0.25, 0.3) is 27.9 Å². The number of benzene rings is 3. The summed E-state index contributed by atoms with van der Waals surface area (Å²) in [6.45, 7) is 0. The Kier molecular flexibility index (Phi) is 4.61. The molecule has 0 bridgehead atoms. The third-order valence-electron chi connectivity index (χ3n) is 4.84. The second-order valence-corrected chi connectivity index (χ2v) is 6.90. The fourth-order valence-electron chi connectivity index (χ4n) is 3.25. The minimum absolute atomic E-state index is 0.0495. The van der Waals surface area contributed by atoms with Crippen molar-refractivity contribution in [3.63, 3.8) is 0 Å². The van der Waals surface area contributed by atoms with Gasteiger partial charge in [0.05, 0.1) is 11.9 Å². The molecule has 7 nitrogen and oxygen atoms in total. The third-order valence-corrected chi connectivity index (χ3v) is 4.84. The summed E-state index contributed by atoms with van der Waals surface area (Å²) in [5.74, 6) is -0.528. The average molecular weight is 408 g/mol. The number of hydrogen-bond acceptors (Lipinski definition) is 5. The smallest absolute Gasteiger partial charge is 0.349 e. The van der Waals surface area contributed by atoms with Crippen LogP contribution >= 0.6 is 0 Å². The zero-order valence-electron chi connectivity index (χ0n) is 16.2. The number of rotatable bonds is 4. The van der Waals surface area contributed by atoms with Crippen LogP contribution in [-0.4, -0.2) is 20.9 Å². The fraction of sp³-hybridized carbons (Fsp3) is 0. The highest BCUT2D eigenvalue weighted by Crippen LogP contribution is 2.19. The van der Waals surface area contributed by atoms with Crippen LogP contribution in [0.1, 0.15) is 10.4 Å². The maximum Gasteiger partial charge on any atom is 0.349 e. The molecule has 0 saturated heterocycles. The van der Waals surface area contributed by atoms with Crippen molar-refractivity contribution in [3.05, 3.63) is 107 Å². The number of fused-ring (bicyclic) bond motifs is 1. The van der Waals surface area contributed by atoms with Gasteiger partial charge in [-0.25, -0.2) is 9.48 Å². The Bertz CT molecular complexity index is 1440. The minimum Gasteiger partial charge on any atom is -0.422 e. The minimum atomic E-state index is -0.677. The Morgan fingerprint density at radius 3 is 2.45 bits per heavy atom. The molecule has 0 saturated carbocycles. The van der Waals surface area contributed by atoms with Gasteiger partial charge in [-0.2, -0.15) is 0 Å². The topological polar surface area (TPSA) is 90.0 Å². The van der Waals surface area contributed by atoms with Gasteiger partial charge in [-0.1, -0.05) is 53.7 Å². The predicted molar refractivity (Wildman–Crippen MR) is 117 cm³/mol. The summed E-state index contributed by atoms with van der Waals surface area (Å²) >= 11 is 0. The number of hydrogen-bond donors (Lipinski definition) is 1. The van der Waals surface area contributed by atoms with Crippen LogP contribution in [0.4, 0.5) is 5.69 Å². The molecule has 7 heteroatoms. The van der Waals surface area contributed by atoms with Crippen molar-refractivity contribution in [2.24, 2.45) is 0 Å². The number of carbonyl (C=O) groups excluding carboxylic acids is 1. The van der Waals surface area contributed by atoms with Crippen LogP contribution < -0.4 is 10.9 Å². The molecular weight excluding hydrogens is 392 g/mol. The Balaban J connectivity index is 1.35. The molecule has 0 radical (unpaired) electrons. The summed E-state index contributed by atoms with van der Waals surface area (Å²) in [5.41, 5.74) is 2.79. The van der Waals surface area contributed by atoms with E-state index in [9.17, 15) is 9.59 Å². The molecule has 0 fully saturated rings. The largest absolute Gasteiger partial charge is 0.422 e. The first kappa shape index (κ1) is 18.5. The highest BCUT2D eigenvalue weighted by Gasteiger charge is 2.14. The maximum atomic E-state index is 12.6. The molecule has 31 heavy (non-hydrogen) atoms. The SMILES string of the molecule is O=C(Nc1ccc(-n2cc(-c3ccccc3)nn2)cc1)c1cc2ccccc2oc1=O. The van der Waals surface area contributed by atoms with Gasteiger partial charge in [-0.05, 0) is 36.4 Å². The maximum absolute atomic E-state index is 12.6. The summed E-state index contributed by atoms with van der Waals surface area (Å²) in [5, 5.41) is 11.8. The molecule has 3 aromatic carbocycles. The Labute approximate surface area is 176 Å². The lowest BCUT2D eigenvalue weighted by molar-refractivity contribution is 0.102. The van der Waals surface area contributed by atoms with Crippen molar-refractivity contribution >= 4 is 22.6 Å². The van der Waals surface area contributed by atoms with Crippen molar-refractivity contribution in [2.45, 2.75) is 0 Å². The molecule has 1 amide bonds. The number of anilines is 1. The van der Waals surface area contributed by atoms with E-state index >= 15 is 0 Å². The molecule has 0 unspecified atom stereocenters. The summed E-state index contributed by atoms with van der Waals surface area (Å²) < 4.78 is 6.89. The van der Waals surface area contributed by atoms with Gasteiger partial charge in [0, 0.05) is 16.6 Å². The quantitative estimate of drug-likeness (QED) is 0.448. The van der Waals surface area contributed by atoms with Gasteiger partial charge < -0.3 is 9.73 Å². The highest BCUT2D eigenvalue weighted by molar-refractivity contribution is 6.05. The van der Waals surface area contributed by atoms with Gasteiger partial charge in [0.15, 0.2) is 0 Å². The van der Waals surface area contributed by atoms with Gasteiger partial charge in [0.2, 0.25) is 0 Å². The molecule has 2 aromatic heterocycles. The first-order valence-electron chi connectivity index (χ1n) is 9.60. The van der Waals surface area contributed by atoms with Crippen LogP contribution in [0.2, 0.25) is 0 Å². The number of aromatic nitrogens is 3. The van der Waals surface area contributed by atoms with E-state index in [-0.39, 0.29) is 5.56 Å². The molecule has 2 heterocycles. The van der Waals surface area contributed by atoms with Crippen molar-refractivity contribution in [3.8, 4) is 16.9 Å². The molecule has 5 aromatic rings. The Morgan fingerprint density at radius 2 is 1.65 bits per heavy atom. The molecule has 0 aliphatic rings. The van der Waals surface area contributed by atoms with Gasteiger partial charge in [-0.15, -0.1) is 5.10 Å². The zero-order valence-corrected chi connectivity index (χ0v) is 16.2. The summed E-state index contributed by atoms with van der Waals surface area (Å²) in [6, 6.07) is 25.4. The van der Waals surface area contributed by atoms with Gasteiger partial charge in [0.1, 0.15) is 16.8 Å². The molecule has 1 N–H and O–H groups in total. The molecular formula is C24H16N4O3. The summed E-state index contributed by atoms with van der Waals surface area (Å²) in [7, 11) is 0. The fourth-order valence-corrected chi connectivity index (χ4v) is 3.25. The van der Waals surface area contributed by atoms with Crippen LogP contribution in [0.5, 0.6) is 0 Å². The second-order valence-electron chi connectivity index (χ2n) is 6.90. The zero-order chi connectivity index (χ0) is 21.2. The number of nitrogens with one attached hydrogen (secondary N) is 1. The van der Waals surface area contributed by atoms with E-state index in [2.05, 4.69) is 15.6 Å².